The van der Waals surface area contributed by atoms with Gasteiger partial charge in [0.2, 0.25) is 0 Å². The maximum absolute atomic E-state index is 12.1. The molecule has 19 heavy (non-hydrogen) atoms. The van der Waals surface area contributed by atoms with E-state index in [2.05, 4.69) is 0 Å². The fraction of sp³-hybridized carbons (Fsp3) is 0.533. The van der Waals surface area contributed by atoms with Gasteiger partial charge in [-0.3, -0.25) is 4.79 Å². The number of carbonyl (C=O) groups is 1. The Bertz CT molecular complexity index is 469. The minimum atomic E-state index is 0.00662. The van der Waals surface area contributed by atoms with E-state index in [-0.39, 0.29) is 18.6 Å². The van der Waals surface area contributed by atoms with Crippen LogP contribution in [0.25, 0.3) is 0 Å². The van der Waals surface area contributed by atoms with Gasteiger partial charge in [-0.15, -0.1) is 0 Å². The summed E-state index contributed by atoms with van der Waals surface area (Å²) in [6.45, 7) is 0.721. The van der Waals surface area contributed by atoms with E-state index in [1.165, 1.54) is 25.7 Å². The van der Waals surface area contributed by atoms with Crippen molar-refractivity contribution in [2.75, 3.05) is 18.1 Å². The summed E-state index contributed by atoms with van der Waals surface area (Å²) < 4.78 is 5.44. The number of ether oxygens (including phenoxy) is 1. The number of para-hydroxylation sites is 2. The summed E-state index contributed by atoms with van der Waals surface area (Å²) in [7, 11) is 0. The molecule has 2 N–H and O–H groups in total. The van der Waals surface area contributed by atoms with E-state index in [0.29, 0.717) is 12.5 Å². The van der Waals surface area contributed by atoms with Crippen molar-refractivity contribution in [3.8, 4) is 5.75 Å². The lowest BCUT2D eigenvalue weighted by Crippen LogP contribution is -2.47. The van der Waals surface area contributed by atoms with Crippen LogP contribution < -0.4 is 15.4 Å². The molecule has 1 amide bonds. The number of rotatable bonds is 3. The highest BCUT2D eigenvalue weighted by Crippen LogP contribution is 2.33. The first-order valence-electron chi connectivity index (χ1n) is 7.03. The molecule has 0 bridgehead atoms. The van der Waals surface area contributed by atoms with Gasteiger partial charge >= 0.3 is 0 Å². The molecule has 1 fully saturated rings. The van der Waals surface area contributed by atoms with Crippen LogP contribution in [0.1, 0.15) is 25.7 Å². The Labute approximate surface area is 113 Å². The van der Waals surface area contributed by atoms with E-state index in [1.807, 2.05) is 24.3 Å². The van der Waals surface area contributed by atoms with Gasteiger partial charge in [0.25, 0.3) is 5.91 Å². The van der Waals surface area contributed by atoms with Crippen molar-refractivity contribution in [1.29, 1.82) is 0 Å². The molecule has 1 atom stereocenters. The van der Waals surface area contributed by atoms with Crippen molar-refractivity contribution in [2.24, 2.45) is 11.7 Å². The van der Waals surface area contributed by atoms with Gasteiger partial charge in [0.05, 0.1) is 5.69 Å². The molecule has 1 aromatic carbocycles. The van der Waals surface area contributed by atoms with Gasteiger partial charge in [-0.25, -0.2) is 0 Å². The molecule has 102 valence electrons. The molecule has 4 heteroatoms. The summed E-state index contributed by atoms with van der Waals surface area (Å²) in [4.78, 5) is 13.8. The van der Waals surface area contributed by atoms with Gasteiger partial charge in [0.15, 0.2) is 6.61 Å². The van der Waals surface area contributed by atoms with Crippen molar-refractivity contribution in [3.05, 3.63) is 24.3 Å². The highest BCUT2D eigenvalue weighted by molar-refractivity contribution is 5.97. The second-order valence-corrected chi connectivity index (χ2v) is 5.47. The predicted octanol–water partition coefficient (Wildman–Crippen LogP) is 1.93. The first-order chi connectivity index (χ1) is 9.25. The molecular formula is C15H20N2O2. The van der Waals surface area contributed by atoms with E-state index in [0.717, 1.165) is 11.4 Å². The number of hydrogen-bond acceptors (Lipinski definition) is 3. The SMILES string of the molecule is NC(CN1C(=O)COc2ccccc21)C1CCCC1. The van der Waals surface area contributed by atoms with E-state index in [4.69, 9.17) is 10.5 Å². The van der Waals surface area contributed by atoms with Crippen molar-refractivity contribution in [1.82, 2.24) is 0 Å². The second kappa shape index (κ2) is 5.21. The number of hydrogen-bond donors (Lipinski definition) is 1. The number of fused-ring (bicyclic) bond motifs is 1. The fourth-order valence-corrected chi connectivity index (χ4v) is 3.10. The molecular weight excluding hydrogens is 240 g/mol. The Morgan fingerprint density at radius 3 is 2.84 bits per heavy atom. The molecule has 0 spiro atoms. The van der Waals surface area contributed by atoms with Crippen molar-refractivity contribution in [2.45, 2.75) is 31.7 Å². The lowest BCUT2D eigenvalue weighted by Gasteiger charge is -2.32. The topological polar surface area (TPSA) is 55.6 Å². The van der Waals surface area contributed by atoms with Gasteiger partial charge in [0.1, 0.15) is 5.75 Å². The predicted molar refractivity (Wildman–Crippen MR) is 74.2 cm³/mol. The van der Waals surface area contributed by atoms with Gasteiger partial charge in [-0.05, 0) is 30.9 Å². The number of nitrogens with two attached hydrogens (primary N) is 1. The highest BCUT2D eigenvalue weighted by atomic mass is 16.5. The molecule has 0 radical (unpaired) electrons. The Kier molecular flexibility index (Phi) is 3.42. The Hall–Kier alpha value is -1.55. The Balaban J connectivity index is 1.77. The van der Waals surface area contributed by atoms with Crippen LogP contribution in [0.5, 0.6) is 5.75 Å². The van der Waals surface area contributed by atoms with Gasteiger partial charge in [-0.1, -0.05) is 25.0 Å². The number of anilines is 1. The van der Waals surface area contributed by atoms with Crippen molar-refractivity contribution < 1.29 is 9.53 Å². The lowest BCUT2D eigenvalue weighted by atomic mass is 9.98. The molecule has 0 saturated heterocycles. The maximum atomic E-state index is 12.1. The van der Waals surface area contributed by atoms with E-state index >= 15 is 0 Å². The minimum absolute atomic E-state index is 0.00662. The van der Waals surface area contributed by atoms with Crippen molar-refractivity contribution in [3.63, 3.8) is 0 Å². The van der Waals surface area contributed by atoms with Gasteiger partial charge in [0, 0.05) is 12.6 Å². The van der Waals surface area contributed by atoms with Crippen LogP contribution in [0.3, 0.4) is 0 Å². The second-order valence-electron chi connectivity index (χ2n) is 5.47. The van der Waals surface area contributed by atoms with Crippen LogP contribution >= 0.6 is 0 Å². The van der Waals surface area contributed by atoms with Gasteiger partial charge < -0.3 is 15.4 Å². The molecule has 2 aliphatic rings. The smallest absolute Gasteiger partial charge is 0.265 e. The van der Waals surface area contributed by atoms with Crippen LogP contribution in [0, 0.1) is 5.92 Å². The summed E-state index contributed by atoms with van der Waals surface area (Å²) in [5, 5.41) is 0. The minimum Gasteiger partial charge on any atom is -0.482 e. The lowest BCUT2D eigenvalue weighted by molar-refractivity contribution is -0.121. The van der Waals surface area contributed by atoms with Crippen LogP contribution in [0.4, 0.5) is 5.69 Å². The Morgan fingerprint density at radius 2 is 2.05 bits per heavy atom. The zero-order chi connectivity index (χ0) is 13.2. The molecule has 1 aromatic rings. The molecule has 0 aromatic heterocycles. The third-order valence-corrected chi connectivity index (χ3v) is 4.21. The standard InChI is InChI=1S/C15H20N2O2/c16-12(11-5-1-2-6-11)9-17-13-7-3-4-8-14(13)19-10-15(17)18/h3-4,7-8,11-12H,1-2,5-6,9-10,16H2. The van der Waals surface area contributed by atoms with Gasteiger partial charge in [-0.2, -0.15) is 0 Å². The van der Waals surface area contributed by atoms with E-state index < -0.39 is 0 Å². The van der Waals surface area contributed by atoms with Crippen LogP contribution in [0.2, 0.25) is 0 Å². The summed E-state index contributed by atoms with van der Waals surface area (Å²) in [5.74, 6) is 1.34. The number of amides is 1. The number of carbonyl (C=O) groups excluding carboxylic acids is 1. The molecule has 4 nitrogen and oxygen atoms in total. The molecule has 1 saturated carbocycles. The zero-order valence-corrected chi connectivity index (χ0v) is 11.0. The molecule has 1 unspecified atom stereocenters. The quantitative estimate of drug-likeness (QED) is 0.903. The highest BCUT2D eigenvalue weighted by Gasteiger charge is 2.30. The first kappa shape index (κ1) is 12.5. The largest absolute Gasteiger partial charge is 0.482 e. The Morgan fingerprint density at radius 1 is 1.32 bits per heavy atom. The zero-order valence-electron chi connectivity index (χ0n) is 11.0. The molecule has 3 rings (SSSR count). The normalized spacial score (nSPS) is 21.1. The first-order valence-corrected chi connectivity index (χ1v) is 7.03. The summed E-state index contributed by atoms with van der Waals surface area (Å²) in [6, 6.07) is 7.74. The number of nitrogens with zero attached hydrogens (tertiary/aromatic N) is 1. The third-order valence-electron chi connectivity index (χ3n) is 4.21. The van der Waals surface area contributed by atoms with Crippen molar-refractivity contribution >= 4 is 11.6 Å². The maximum Gasteiger partial charge on any atom is 0.265 e. The monoisotopic (exact) mass is 260 g/mol. The number of benzene rings is 1. The third kappa shape index (κ3) is 2.45. The molecule has 1 heterocycles. The van der Waals surface area contributed by atoms with Crippen LogP contribution in [-0.2, 0) is 4.79 Å². The van der Waals surface area contributed by atoms with E-state index in [1.54, 1.807) is 4.90 Å². The van der Waals surface area contributed by atoms with Crippen LogP contribution in [-0.4, -0.2) is 25.1 Å². The fourth-order valence-electron chi connectivity index (χ4n) is 3.10. The summed E-state index contributed by atoms with van der Waals surface area (Å²) in [5.41, 5.74) is 7.15. The van der Waals surface area contributed by atoms with E-state index in [9.17, 15) is 4.79 Å². The summed E-state index contributed by atoms with van der Waals surface area (Å²) in [6.07, 6.45) is 4.93. The average molecular weight is 260 g/mol. The average Bonchev–Trinajstić information content (AvgIpc) is 2.96. The van der Waals surface area contributed by atoms with Crippen LogP contribution in [0.15, 0.2) is 24.3 Å². The summed E-state index contributed by atoms with van der Waals surface area (Å²) >= 11 is 0. The molecule has 1 aliphatic carbocycles. The molecule has 1 aliphatic heterocycles.